The van der Waals surface area contributed by atoms with E-state index in [-0.39, 0.29) is 16.5 Å². The van der Waals surface area contributed by atoms with E-state index >= 15 is 0 Å². The normalized spacial score (nSPS) is 14.0. The Morgan fingerprint density at radius 1 is 1.23 bits per heavy atom. The lowest BCUT2D eigenvalue weighted by atomic mass is 10.2. The highest BCUT2D eigenvalue weighted by molar-refractivity contribution is 6.33. The Bertz CT molecular complexity index is 822. The van der Waals surface area contributed by atoms with Crippen molar-refractivity contribution in [3.05, 3.63) is 52.7 Å². The monoisotopic (exact) mass is 375 g/mol. The van der Waals surface area contributed by atoms with Crippen LogP contribution in [-0.2, 0) is 9.47 Å². The summed E-state index contributed by atoms with van der Waals surface area (Å²) in [5.41, 5.74) is 1.11. The third-order valence-corrected chi connectivity index (χ3v) is 4.30. The van der Waals surface area contributed by atoms with E-state index in [0.29, 0.717) is 24.5 Å². The molecule has 26 heavy (non-hydrogen) atoms. The van der Waals surface area contributed by atoms with E-state index in [9.17, 15) is 9.59 Å². The van der Waals surface area contributed by atoms with E-state index < -0.39 is 5.97 Å². The zero-order valence-electron chi connectivity index (χ0n) is 14.2. The number of methoxy groups -OCH3 is 1. The summed E-state index contributed by atoms with van der Waals surface area (Å²) < 4.78 is 10.0. The molecule has 2 heterocycles. The van der Waals surface area contributed by atoms with E-state index in [1.807, 2.05) is 0 Å². The fraction of sp³-hybridized carbons (Fsp3) is 0.278. The molecule has 1 fully saturated rings. The number of pyridine rings is 1. The van der Waals surface area contributed by atoms with Crippen molar-refractivity contribution in [2.75, 3.05) is 43.6 Å². The van der Waals surface area contributed by atoms with E-state index in [2.05, 4.69) is 19.9 Å². The lowest BCUT2D eigenvalue weighted by Gasteiger charge is -2.27. The zero-order valence-corrected chi connectivity index (χ0v) is 15.0. The first-order chi connectivity index (χ1) is 12.6. The number of esters is 1. The molecule has 1 N–H and O–H groups in total. The van der Waals surface area contributed by atoms with Crippen LogP contribution in [0.2, 0.25) is 5.02 Å². The molecule has 8 heteroatoms. The molecule has 3 rings (SSSR count). The van der Waals surface area contributed by atoms with Crippen molar-refractivity contribution in [3.8, 4) is 0 Å². The summed E-state index contributed by atoms with van der Waals surface area (Å²) in [6, 6.07) is 8.01. The minimum absolute atomic E-state index is 0.190. The standard InChI is InChI=1S/C18H18ClN3O4/c1-25-18(24)14-11-13(2-3-15(14)19)21-17(23)12-4-5-20-16(10-12)22-6-8-26-9-7-22/h2-5,10-11H,6-9H2,1H3,(H,21,23). The van der Waals surface area contributed by atoms with Crippen molar-refractivity contribution in [2.45, 2.75) is 0 Å². The summed E-state index contributed by atoms with van der Waals surface area (Å²) in [6.45, 7) is 2.74. The maximum atomic E-state index is 12.6. The molecule has 0 spiro atoms. The Balaban J connectivity index is 1.77. The van der Waals surface area contributed by atoms with Crippen LogP contribution in [0.3, 0.4) is 0 Å². The molecule has 1 aromatic carbocycles. The van der Waals surface area contributed by atoms with Crippen molar-refractivity contribution >= 4 is 35.0 Å². The van der Waals surface area contributed by atoms with Gasteiger partial charge in [0.25, 0.3) is 5.91 Å². The predicted octanol–water partition coefficient (Wildman–Crippen LogP) is 2.61. The Hall–Kier alpha value is -2.64. The zero-order chi connectivity index (χ0) is 18.5. The molecule has 0 unspecified atom stereocenters. The van der Waals surface area contributed by atoms with Gasteiger partial charge in [0.15, 0.2) is 0 Å². The summed E-state index contributed by atoms with van der Waals surface area (Å²) in [4.78, 5) is 30.7. The summed E-state index contributed by atoms with van der Waals surface area (Å²) in [5.74, 6) is -0.142. The first kappa shape index (κ1) is 18.2. The number of anilines is 2. The quantitative estimate of drug-likeness (QED) is 0.827. The molecule has 0 aliphatic carbocycles. The Morgan fingerprint density at radius 3 is 2.73 bits per heavy atom. The third-order valence-electron chi connectivity index (χ3n) is 3.97. The molecule has 136 valence electrons. The second-order valence-corrected chi connectivity index (χ2v) is 6.05. The fourth-order valence-electron chi connectivity index (χ4n) is 2.60. The minimum atomic E-state index is -0.565. The average molecular weight is 376 g/mol. The molecule has 1 aliphatic rings. The number of carbonyl (C=O) groups excluding carboxylic acids is 2. The number of halogens is 1. The van der Waals surface area contributed by atoms with Gasteiger partial charge < -0.3 is 19.7 Å². The van der Waals surface area contributed by atoms with Crippen molar-refractivity contribution < 1.29 is 19.1 Å². The van der Waals surface area contributed by atoms with Gasteiger partial charge in [0.2, 0.25) is 0 Å². The van der Waals surface area contributed by atoms with E-state index in [0.717, 1.165) is 18.9 Å². The summed E-state index contributed by atoms with van der Waals surface area (Å²) in [7, 11) is 1.27. The second kappa shape index (κ2) is 8.16. The van der Waals surface area contributed by atoms with Gasteiger partial charge in [-0.3, -0.25) is 4.79 Å². The molecule has 0 radical (unpaired) electrons. The molecule has 1 saturated heterocycles. The predicted molar refractivity (Wildman–Crippen MR) is 98.0 cm³/mol. The highest BCUT2D eigenvalue weighted by Gasteiger charge is 2.16. The van der Waals surface area contributed by atoms with Crippen LogP contribution in [-0.4, -0.2) is 50.3 Å². The number of ether oxygens (including phenoxy) is 2. The average Bonchev–Trinajstić information content (AvgIpc) is 2.69. The van der Waals surface area contributed by atoms with Gasteiger partial charge in [-0.15, -0.1) is 0 Å². The van der Waals surface area contributed by atoms with Crippen LogP contribution in [0.4, 0.5) is 11.5 Å². The lowest BCUT2D eigenvalue weighted by molar-refractivity contribution is 0.0600. The Kier molecular flexibility index (Phi) is 5.70. The van der Waals surface area contributed by atoms with Gasteiger partial charge in [-0.05, 0) is 30.3 Å². The lowest BCUT2D eigenvalue weighted by Crippen LogP contribution is -2.36. The Morgan fingerprint density at radius 2 is 2.00 bits per heavy atom. The first-order valence-corrected chi connectivity index (χ1v) is 8.44. The number of nitrogens with one attached hydrogen (secondary N) is 1. The number of morpholine rings is 1. The van der Waals surface area contributed by atoms with Crippen LogP contribution in [0.1, 0.15) is 20.7 Å². The number of benzene rings is 1. The summed E-state index contributed by atoms with van der Waals surface area (Å²) in [6.07, 6.45) is 1.60. The molecule has 2 aromatic rings. The first-order valence-electron chi connectivity index (χ1n) is 8.06. The van der Waals surface area contributed by atoms with E-state index in [4.69, 9.17) is 16.3 Å². The fourth-order valence-corrected chi connectivity index (χ4v) is 2.79. The summed E-state index contributed by atoms with van der Waals surface area (Å²) >= 11 is 5.99. The maximum Gasteiger partial charge on any atom is 0.339 e. The number of hydrogen-bond donors (Lipinski definition) is 1. The maximum absolute atomic E-state index is 12.6. The van der Waals surface area contributed by atoms with Gasteiger partial charge in [0.05, 0.1) is 30.9 Å². The number of aromatic nitrogens is 1. The van der Waals surface area contributed by atoms with E-state index in [1.54, 1.807) is 24.4 Å². The molecule has 1 aromatic heterocycles. The number of rotatable bonds is 4. The smallest absolute Gasteiger partial charge is 0.339 e. The number of hydrogen-bond acceptors (Lipinski definition) is 6. The van der Waals surface area contributed by atoms with Gasteiger partial charge in [-0.1, -0.05) is 11.6 Å². The molecule has 1 aliphatic heterocycles. The largest absolute Gasteiger partial charge is 0.465 e. The highest BCUT2D eigenvalue weighted by Crippen LogP contribution is 2.22. The van der Waals surface area contributed by atoms with Crippen LogP contribution >= 0.6 is 11.6 Å². The van der Waals surface area contributed by atoms with Crippen molar-refractivity contribution in [3.63, 3.8) is 0 Å². The minimum Gasteiger partial charge on any atom is -0.465 e. The van der Waals surface area contributed by atoms with Crippen LogP contribution in [0.25, 0.3) is 0 Å². The van der Waals surface area contributed by atoms with Gasteiger partial charge in [0.1, 0.15) is 5.82 Å². The second-order valence-electron chi connectivity index (χ2n) is 5.64. The number of amides is 1. The SMILES string of the molecule is COC(=O)c1cc(NC(=O)c2ccnc(N3CCOCC3)c2)ccc1Cl. The van der Waals surface area contributed by atoms with Crippen molar-refractivity contribution in [1.29, 1.82) is 0 Å². The van der Waals surface area contributed by atoms with Gasteiger partial charge in [-0.25, -0.2) is 9.78 Å². The highest BCUT2D eigenvalue weighted by atomic mass is 35.5. The van der Waals surface area contributed by atoms with Gasteiger partial charge >= 0.3 is 5.97 Å². The van der Waals surface area contributed by atoms with Gasteiger partial charge in [-0.2, -0.15) is 0 Å². The topological polar surface area (TPSA) is 80.8 Å². The molecule has 7 nitrogen and oxygen atoms in total. The molecular weight excluding hydrogens is 358 g/mol. The Labute approximate surface area is 155 Å². The van der Waals surface area contributed by atoms with Crippen LogP contribution in [0.5, 0.6) is 0 Å². The molecule has 0 bridgehead atoms. The number of nitrogens with zero attached hydrogens (tertiary/aromatic N) is 2. The molecule has 0 atom stereocenters. The summed E-state index contributed by atoms with van der Waals surface area (Å²) in [5, 5.41) is 3.02. The third kappa shape index (κ3) is 4.12. The molecule has 0 saturated carbocycles. The molecular formula is C18H18ClN3O4. The van der Waals surface area contributed by atoms with Crippen LogP contribution in [0.15, 0.2) is 36.5 Å². The van der Waals surface area contributed by atoms with Crippen molar-refractivity contribution in [2.24, 2.45) is 0 Å². The van der Waals surface area contributed by atoms with Crippen LogP contribution < -0.4 is 10.2 Å². The number of carbonyl (C=O) groups is 2. The van der Waals surface area contributed by atoms with Gasteiger partial charge in [0, 0.05) is 30.5 Å². The van der Waals surface area contributed by atoms with Crippen LogP contribution in [0, 0.1) is 0 Å². The van der Waals surface area contributed by atoms with Crippen molar-refractivity contribution in [1.82, 2.24) is 4.98 Å². The molecule has 1 amide bonds. The van der Waals surface area contributed by atoms with E-state index in [1.165, 1.54) is 19.2 Å².